The summed E-state index contributed by atoms with van der Waals surface area (Å²) in [5.41, 5.74) is 2.31. The molecule has 1 N–H and O–H groups in total. The van der Waals surface area contributed by atoms with E-state index < -0.39 is 10.0 Å². The molecule has 2 aromatic rings. The van der Waals surface area contributed by atoms with E-state index in [-0.39, 0.29) is 17.6 Å². The molecule has 2 aromatic carbocycles. The van der Waals surface area contributed by atoms with Crippen molar-refractivity contribution in [3.63, 3.8) is 0 Å². The number of halogens is 2. The SMILES string of the molecule is Cc1cccc(CS(=O)(=O)N2CCC(C(=O)Nc3ccc(Cl)cc3Cl)CC2)c1. The van der Waals surface area contributed by atoms with E-state index in [1.807, 2.05) is 31.2 Å². The van der Waals surface area contributed by atoms with Crippen molar-refractivity contribution >= 4 is 44.8 Å². The summed E-state index contributed by atoms with van der Waals surface area (Å²) in [5.74, 6) is -0.427. The number of sulfonamides is 1. The number of hydrogen-bond acceptors (Lipinski definition) is 3. The first-order chi connectivity index (χ1) is 13.2. The molecule has 150 valence electrons. The molecule has 1 heterocycles. The Bertz CT molecular complexity index is 971. The number of anilines is 1. The van der Waals surface area contributed by atoms with E-state index in [4.69, 9.17) is 23.2 Å². The molecule has 1 amide bonds. The second kappa shape index (κ2) is 8.82. The van der Waals surface area contributed by atoms with Crippen LogP contribution in [0.5, 0.6) is 0 Å². The fraction of sp³-hybridized carbons (Fsp3) is 0.350. The van der Waals surface area contributed by atoms with Crippen LogP contribution in [0.2, 0.25) is 10.0 Å². The van der Waals surface area contributed by atoms with Crippen molar-refractivity contribution in [1.82, 2.24) is 4.31 Å². The van der Waals surface area contributed by atoms with Gasteiger partial charge in [-0.25, -0.2) is 12.7 Å². The van der Waals surface area contributed by atoms with Gasteiger partial charge in [0.05, 0.1) is 16.5 Å². The van der Waals surface area contributed by atoms with E-state index in [0.717, 1.165) is 11.1 Å². The number of benzene rings is 2. The molecule has 5 nitrogen and oxygen atoms in total. The predicted molar refractivity (Wildman–Crippen MR) is 113 cm³/mol. The van der Waals surface area contributed by atoms with Gasteiger partial charge in [0.15, 0.2) is 0 Å². The van der Waals surface area contributed by atoms with Crippen LogP contribution in [0.15, 0.2) is 42.5 Å². The molecule has 0 bridgehead atoms. The van der Waals surface area contributed by atoms with Crippen molar-refractivity contribution in [2.75, 3.05) is 18.4 Å². The summed E-state index contributed by atoms with van der Waals surface area (Å²) in [6, 6.07) is 12.4. The highest BCUT2D eigenvalue weighted by atomic mass is 35.5. The van der Waals surface area contributed by atoms with Crippen molar-refractivity contribution in [2.45, 2.75) is 25.5 Å². The van der Waals surface area contributed by atoms with Crippen LogP contribution in [0.25, 0.3) is 0 Å². The van der Waals surface area contributed by atoms with Crippen LogP contribution in [0.3, 0.4) is 0 Å². The number of rotatable bonds is 5. The lowest BCUT2D eigenvalue weighted by atomic mass is 9.97. The Labute approximate surface area is 175 Å². The van der Waals surface area contributed by atoms with E-state index in [1.165, 1.54) is 4.31 Å². The molecule has 28 heavy (non-hydrogen) atoms. The maximum absolute atomic E-state index is 12.7. The van der Waals surface area contributed by atoms with Crippen LogP contribution in [0.1, 0.15) is 24.0 Å². The summed E-state index contributed by atoms with van der Waals surface area (Å²) in [6.07, 6.45) is 0.953. The van der Waals surface area contributed by atoms with Gasteiger partial charge in [-0.1, -0.05) is 53.0 Å². The highest BCUT2D eigenvalue weighted by Gasteiger charge is 2.31. The molecule has 0 spiro atoms. The van der Waals surface area contributed by atoms with Gasteiger partial charge in [0.1, 0.15) is 0 Å². The summed E-state index contributed by atoms with van der Waals surface area (Å²) >= 11 is 12.0. The van der Waals surface area contributed by atoms with E-state index >= 15 is 0 Å². The molecule has 8 heteroatoms. The van der Waals surface area contributed by atoms with Gasteiger partial charge < -0.3 is 5.32 Å². The van der Waals surface area contributed by atoms with Gasteiger partial charge in [-0.05, 0) is 43.5 Å². The van der Waals surface area contributed by atoms with Crippen LogP contribution in [-0.4, -0.2) is 31.7 Å². The summed E-state index contributed by atoms with van der Waals surface area (Å²) in [7, 11) is -3.41. The Balaban J connectivity index is 1.58. The van der Waals surface area contributed by atoms with E-state index in [1.54, 1.807) is 18.2 Å². The number of piperidine rings is 1. The van der Waals surface area contributed by atoms with Gasteiger partial charge in [-0.2, -0.15) is 0 Å². The summed E-state index contributed by atoms with van der Waals surface area (Å²) < 4.78 is 26.9. The first-order valence-electron chi connectivity index (χ1n) is 9.04. The normalized spacial score (nSPS) is 16.1. The topological polar surface area (TPSA) is 66.5 Å². The average Bonchev–Trinajstić information content (AvgIpc) is 2.64. The molecule has 0 saturated carbocycles. The summed E-state index contributed by atoms with van der Waals surface area (Å²) in [6.45, 7) is 2.61. The summed E-state index contributed by atoms with van der Waals surface area (Å²) in [4.78, 5) is 12.5. The Kier molecular flexibility index (Phi) is 6.65. The van der Waals surface area contributed by atoms with Gasteiger partial charge in [0, 0.05) is 24.0 Å². The maximum atomic E-state index is 12.7. The highest BCUT2D eigenvalue weighted by molar-refractivity contribution is 7.88. The van der Waals surface area contributed by atoms with Crippen LogP contribution in [0.4, 0.5) is 5.69 Å². The van der Waals surface area contributed by atoms with E-state index in [0.29, 0.717) is 41.7 Å². The van der Waals surface area contributed by atoms with Gasteiger partial charge in [0.2, 0.25) is 15.9 Å². The number of carbonyl (C=O) groups excluding carboxylic acids is 1. The lowest BCUT2D eigenvalue weighted by Crippen LogP contribution is -2.41. The lowest BCUT2D eigenvalue weighted by molar-refractivity contribution is -0.120. The smallest absolute Gasteiger partial charge is 0.227 e. The fourth-order valence-electron chi connectivity index (χ4n) is 3.33. The van der Waals surface area contributed by atoms with Crippen molar-refractivity contribution in [3.05, 3.63) is 63.6 Å². The number of carbonyl (C=O) groups is 1. The van der Waals surface area contributed by atoms with Crippen LogP contribution in [0, 0.1) is 12.8 Å². The third-order valence-corrected chi connectivity index (χ3v) is 7.24. The first-order valence-corrected chi connectivity index (χ1v) is 11.4. The Morgan fingerprint density at radius 2 is 1.86 bits per heavy atom. The zero-order chi connectivity index (χ0) is 20.3. The van der Waals surface area contributed by atoms with Gasteiger partial charge in [-0.3, -0.25) is 4.79 Å². The number of aryl methyl sites for hydroxylation is 1. The molecule has 1 aliphatic heterocycles. The zero-order valence-corrected chi connectivity index (χ0v) is 17.8. The molecule has 1 saturated heterocycles. The van der Waals surface area contributed by atoms with Crippen LogP contribution < -0.4 is 5.32 Å². The Hall–Kier alpha value is -1.60. The first kappa shape index (κ1) is 21.1. The van der Waals surface area contributed by atoms with Crippen molar-refractivity contribution in [3.8, 4) is 0 Å². The van der Waals surface area contributed by atoms with Gasteiger partial charge in [0.25, 0.3) is 0 Å². The third kappa shape index (κ3) is 5.26. The van der Waals surface area contributed by atoms with Gasteiger partial charge in [-0.15, -0.1) is 0 Å². The van der Waals surface area contributed by atoms with E-state index in [9.17, 15) is 13.2 Å². The Morgan fingerprint density at radius 3 is 2.50 bits per heavy atom. The van der Waals surface area contributed by atoms with Crippen LogP contribution in [-0.2, 0) is 20.6 Å². The third-order valence-electron chi connectivity index (χ3n) is 4.84. The lowest BCUT2D eigenvalue weighted by Gasteiger charge is -2.30. The minimum Gasteiger partial charge on any atom is -0.325 e. The minimum absolute atomic E-state index is 0.0219. The minimum atomic E-state index is -3.41. The molecule has 3 rings (SSSR count). The molecule has 0 aromatic heterocycles. The molecule has 0 atom stereocenters. The molecule has 0 unspecified atom stereocenters. The highest BCUT2D eigenvalue weighted by Crippen LogP contribution is 2.28. The molecule has 1 aliphatic rings. The molecule has 0 radical (unpaired) electrons. The van der Waals surface area contributed by atoms with Crippen molar-refractivity contribution in [2.24, 2.45) is 5.92 Å². The zero-order valence-electron chi connectivity index (χ0n) is 15.5. The molecular weight excluding hydrogens is 419 g/mol. The monoisotopic (exact) mass is 440 g/mol. The van der Waals surface area contributed by atoms with Gasteiger partial charge >= 0.3 is 0 Å². The summed E-state index contributed by atoms with van der Waals surface area (Å²) in [5, 5.41) is 3.68. The maximum Gasteiger partial charge on any atom is 0.227 e. The van der Waals surface area contributed by atoms with E-state index in [2.05, 4.69) is 5.32 Å². The molecular formula is C20H22Cl2N2O3S. The largest absolute Gasteiger partial charge is 0.325 e. The second-order valence-corrected chi connectivity index (χ2v) is 9.84. The quantitative estimate of drug-likeness (QED) is 0.744. The number of nitrogens with zero attached hydrogens (tertiary/aromatic N) is 1. The fourth-order valence-corrected chi connectivity index (χ4v) is 5.33. The number of hydrogen-bond donors (Lipinski definition) is 1. The number of nitrogens with one attached hydrogen (secondary N) is 1. The predicted octanol–water partition coefficient (Wildman–Crippen LogP) is 4.48. The van der Waals surface area contributed by atoms with Crippen LogP contribution >= 0.6 is 23.2 Å². The average molecular weight is 441 g/mol. The standard InChI is InChI=1S/C20H22Cl2N2O3S/c1-14-3-2-4-15(11-14)13-28(26,27)24-9-7-16(8-10-24)20(25)23-19-6-5-17(21)12-18(19)22/h2-6,11-12,16H,7-10,13H2,1H3,(H,23,25). The van der Waals surface area contributed by atoms with Crippen molar-refractivity contribution in [1.29, 1.82) is 0 Å². The second-order valence-electron chi connectivity index (χ2n) is 7.03. The number of amides is 1. The molecule has 0 aliphatic carbocycles. The molecule has 1 fully saturated rings. The van der Waals surface area contributed by atoms with Crippen molar-refractivity contribution < 1.29 is 13.2 Å². The Morgan fingerprint density at radius 1 is 1.14 bits per heavy atom.